The quantitative estimate of drug-likeness (QED) is 0.853. The summed E-state index contributed by atoms with van der Waals surface area (Å²) in [5.41, 5.74) is 1.83. The molecule has 7 heteroatoms. The molecule has 1 aromatic heterocycles. The summed E-state index contributed by atoms with van der Waals surface area (Å²) >= 11 is 0. The first kappa shape index (κ1) is 15.0. The normalized spacial score (nSPS) is 17.3. The molecule has 0 spiro atoms. The van der Waals surface area contributed by atoms with Crippen molar-refractivity contribution in [2.24, 2.45) is 0 Å². The van der Waals surface area contributed by atoms with E-state index in [0.29, 0.717) is 31.3 Å². The lowest BCUT2D eigenvalue weighted by Gasteiger charge is -2.34. The maximum absolute atomic E-state index is 12.4. The highest BCUT2D eigenvalue weighted by Gasteiger charge is 2.26. The van der Waals surface area contributed by atoms with Gasteiger partial charge in [0.2, 0.25) is 12.6 Å². The van der Waals surface area contributed by atoms with E-state index in [9.17, 15) is 4.79 Å². The molecule has 126 valence electrons. The van der Waals surface area contributed by atoms with E-state index in [-0.39, 0.29) is 5.91 Å². The van der Waals surface area contributed by atoms with Crippen LogP contribution < -0.4 is 9.47 Å². The number of fused-ring (bicyclic) bond motifs is 1. The lowest BCUT2D eigenvalue weighted by molar-refractivity contribution is 0.0597. The number of piperazine rings is 1. The minimum absolute atomic E-state index is 0.0762. The van der Waals surface area contributed by atoms with Crippen LogP contribution in [-0.4, -0.2) is 53.7 Å². The first-order valence-electron chi connectivity index (χ1n) is 8.01. The Morgan fingerprint density at radius 2 is 1.96 bits per heavy atom. The Morgan fingerprint density at radius 1 is 1.17 bits per heavy atom. The standard InChI is InChI=1S/C17H19N3O4/c1-12-16(22-10-18-12)17(21)20-6-4-19(5-7-20)9-13-2-3-14-15(8-13)24-11-23-14/h2-3,8,10H,4-7,9,11H2,1H3. The average molecular weight is 329 g/mol. The Bertz CT molecular complexity index is 750. The van der Waals surface area contributed by atoms with Gasteiger partial charge in [-0.3, -0.25) is 9.69 Å². The van der Waals surface area contributed by atoms with E-state index in [4.69, 9.17) is 13.9 Å². The second-order valence-electron chi connectivity index (χ2n) is 6.02. The van der Waals surface area contributed by atoms with Crippen LogP contribution in [-0.2, 0) is 6.54 Å². The zero-order valence-electron chi connectivity index (χ0n) is 13.5. The number of rotatable bonds is 3. The van der Waals surface area contributed by atoms with Crippen molar-refractivity contribution in [3.05, 3.63) is 41.6 Å². The molecule has 4 rings (SSSR count). The predicted octanol–water partition coefficient (Wildman–Crippen LogP) is 1.67. The van der Waals surface area contributed by atoms with Gasteiger partial charge in [-0.2, -0.15) is 0 Å². The van der Waals surface area contributed by atoms with Crippen LogP contribution in [0.2, 0.25) is 0 Å². The summed E-state index contributed by atoms with van der Waals surface area (Å²) in [6, 6.07) is 6.03. The SMILES string of the molecule is Cc1ncoc1C(=O)N1CCN(Cc2ccc3c(c2)OCO3)CC1. The molecule has 0 atom stereocenters. The van der Waals surface area contributed by atoms with Gasteiger partial charge in [0.1, 0.15) is 0 Å². The molecule has 2 aromatic rings. The molecular weight excluding hydrogens is 310 g/mol. The third-order valence-corrected chi connectivity index (χ3v) is 4.44. The summed E-state index contributed by atoms with van der Waals surface area (Å²) in [5, 5.41) is 0. The molecule has 0 radical (unpaired) electrons. The molecule has 24 heavy (non-hydrogen) atoms. The molecule has 2 aliphatic rings. The minimum atomic E-state index is -0.0762. The number of carbonyl (C=O) groups excluding carboxylic acids is 1. The smallest absolute Gasteiger partial charge is 0.291 e. The number of oxazole rings is 1. The summed E-state index contributed by atoms with van der Waals surface area (Å²) in [6.45, 7) is 5.93. The summed E-state index contributed by atoms with van der Waals surface area (Å²) < 4.78 is 16.0. The Kier molecular flexibility index (Phi) is 3.86. The Labute approximate surface area is 139 Å². The van der Waals surface area contributed by atoms with Crippen molar-refractivity contribution in [1.82, 2.24) is 14.8 Å². The van der Waals surface area contributed by atoms with Gasteiger partial charge in [0.25, 0.3) is 5.91 Å². The van der Waals surface area contributed by atoms with E-state index in [1.165, 1.54) is 12.0 Å². The van der Waals surface area contributed by atoms with E-state index in [0.717, 1.165) is 31.1 Å². The molecule has 1 fully saturated rings. The molecule has 2 aliphatic heterocycles. The van der Waals surface area contributed by atoms with E-state index < -0.39 is 0 Å². The highest BCUT2D eigenvalue weighted by Crippen LogP contribution is 2.32. The van der Waals surface area contributed by atoms with Crippen LogP contribution >= 0.6 is 0 Å². The van der Waals surface area contributed by atoms with Crippen molar-refractivity contribution in [3.63, 3.8) is 0 Å². The van der Waals surface area contributed by atoms with Crippen molar-refractivity contribution >= 4 is 5.91 Å². The van der Waals surface area contributed by atoms with Gasteiger partial charge in [0.05, 0.1) is 5.69 Å². The number of aryl methyl sites for hydroxylation is 1. The number of amides is 1. The van der Waals surface area contributed by atoms with E-state index in [2.05, 4.69) is 16.0 Å². The second-order valence-corrected chi connectivity index (χ2v) is 6.02. The molecule has 3 heterocycles. The highest BCUT2D eigenvalue weighted by atomic mass is 16.7. The molecule has 1 saturated heterocycles. The Balaban J connectivity index is 1.35. The van der Waals surface area contributed by atoms with Crippen molar-refractivity contribution in [3.8, 4) is 11.5 Å². The molecule has 1 amide bonds. The lowest BCUT2D eigenvalue weighted by Crippen LogP contribution is -2.48. The molecule has 7 nitrogen and oxygen atoms in total. The number of aromatic nitrogens is 1. The molecular formula is C17H19N3O4. The maximum atomic E-state index is 12.4. The summed E-state index contributed by atoms with van der Waals surface area (Å²) in [4.78, 5) is 20.6. The van der Waals surface area contributed by atoms with Crippen LogP contribution in [0.1, 0.15) is 21.8 Å². The Morgan fingerprint density at radius 3 is 2.71 bits per heavy atom. The van der Waals surface area contributed by atoms with Gasteiger partial charge in [-0.25, -0.2) is 4.98 Å². The number of hydrogen-bond acceptors (Lipinski definition) is 6. The van der Waals surface area contributed by atoms with Crippen LogP contribution in [0, 0.1) is 6.92 Å². The molecule has 0 N–H and O–H groups in total. The number of carbonyl (C=O) groups is 1. The number of benzene rings is 1. The van der Waals surface area contributed by atoms with Crippen LogP contribution in [0.5, 0.6) is 11.5 Å². The zero-order valence-corrected chi connectivity index (χ0v) is 13.5. The van der Waals surface area contributed by atoms with Crippen LogP contribution in [0.3, 0.4) is 0 Å². The average Bonchev–Trinajstić information content (AvgIpc) is 3.23. The van der Waals surface area contributed by atoms with Gasteiger partial charge in [-0.15, -0.1) is 0 Å². The minimum Gasteiger partial charge on any atom is -0.454 e. The zero-order chi connectivity index (χ0) is 16.5. The summed E-state index contributed by atoms with van der Waals surface area (Å²) in [5.74, 6) is 1.88. The fourth-order valence-electron chi connectivity index (χ4n) is 3.06. The van der Waals surface area contributed by atoms with Crippen LogP contribution in [0.15, 0.2) is 29.0 Å². The lowest BCUT2D eigenvalue weighted by atomic mass is 10.1. The highest BCUT2D eigenvalue weighted by molar-refractivity contribution is 5.92. The monoisotopic (exact) mass is 329 g/mol. The topological polar surface area (TPSA) is 68.0 Å². The largest absolute Gasteiger partial charge is 0.454 e. The fourth-order valence-corrected chi connectivity index (χ4v) is 3.06. The number of ether oxygens (including phenoxy) is 2. The van der Waals surface area contributed by atoms with Crippen LogP contribution in [0.4, 0.5) is 0 Å². The first-order valence-corrected chi connectivity index (χ1v) is 8.01. The second kappa shape index (κ2) is 6.16. The Hall–Kier alpha value is -2.54. The predicted molar refractivity (Wildman–Crippen MR) is 85.0 cm³/mol. The number of nitrogens with zero attached hydrogens (tertiary/aromatic N) is 3. The van der Waals surface area contributed by atoms with Gasteiger partial charge < -0.3 is 18.8 Å². The third-order valence-electron chi connectivity index (χ3n) is 4.44. The van der Waals surface area contributed by atoms with E-state index in [1.807, 2.05) is 17.0 Å². The van der Waals surface area contributed by atoms with Crippen molar-refractivity contribution in [2.45, 2.75) is 13.5 Å². The van der Waals surface area contributed by atoms with Crippen LogP contribution in [0.25, 0.3) is 0 Å². The number of hydrogen-bond donors (Lipinski definition) is 0. The third kappa shape index (κ3) is 2.82. The molecule has 0 aliphatic carbocycles. The van der Waals surface area contributed by atoms with Crippen molar-refractivity contribution < 1.29 is 18.7 Å². The molecule has 0 unspecified atom stereocenters. The van der Waals surface area contributed by atoms with E-state index >= 15 is 0 Å². The fraction of sp³-hybridized carbons (Fsp3) is 0.412. The van der Waals surface area contributed by atoms with Crippen molar-refractivity contribution in [1.29, 1.82) is 0 Å². The van der Waals surface area contributed by atoms with Gasteiger partial charge in [-0.1, -0.05) is 6.07 Å². The summed E-state index contributed by atoms with van der Waals surface area (Å²) in [7, 11) is 0. The molecule has 1 aromatic carbocycles. The summed E-state index contributed by atoms with van der Waals surface area (Å²) in [6.07, 6.45) is 1.32. The van der Waals surface area contributed by atoms with Crippen molar-refractivity contribution in [2.75, 3.05) is 33.0 Å². The molecule has 0 saturated carbocycles. The van der Waals surface area contributed by atoms with Gasteiger partial charge in [-0.05, 0) is 24.6 Å². The van der Waals surface area contributed by atoms with Gasteiger partial charge in [0.15, 0.2) is 17.9 Å². The van der Waals surface area contributed by atoms with Gasteiger partial charge >= 0.3 is 0 Å². The van der Waals surface area contributed by atoms with E-state index in [1.54, 1.807) is 6.92 Å². The van der Waals surface area contributed by atoms with Gasteiger partial charge in [0, 0.05) is 32.7 Å². The first-order chi connectivity index (χ1) is 11.7. The maximum Gasteiger partial charge on any atom is 0.291 e. The molecule has 0 bridgehead atoms.